The maximum absolute atomic E-state index is 12.3. The van der Waals surface area contributed by atoms with Crippen LogP contribution < -0.4 is 39.6 Å². The maximum atomic E-state index is 12.3. The Kier molecular flexibility index (Phi) is 8.20. The molecular weight excluding hydrogens is 459 g/mol. The van der Waals surface area contributed by atoms with Crippen molar-refractivity contribution >= 4 is 27.1 Å². The number of nitrogens with zero attached hydrogens (tertiary/aromatic N) is 2. The number of nitrogens with one attached hydrogen (secondary N) is 2. The number of urea groups is 1. The number of sulfonamides is 1. The van der Waals surface area contributed by atoms with Crippen molar-refractivity contribution in [2.24, 2.45) is 0 Å². The van der Waals surface area contributed by atoms with Gasteiger partial charge in [-0.3, -0.25) is 4.57 Å². The van der Waals surface area contributed by atoms with Gasteiger partial charge in [-0.05, 0) is 80.3 Å². The predicted molar refractivity (Wildman–Crippen MR) is 130 cm³/mol. The van der Waals surface area contributed by atoms with Crippen LogP contribution in [0.25, 0.3) is 16.7 Å². The topological polar surface area (TPSA) is 93.1 Å². The summed E-state index contributed by atoms with van der Waals surface area (Å²) < 4.78 is 28.7. The van der Waals surface area contributed by atoms with Crippen LogP contribution >= 0.6 is 0 Å². The zero-order valence-electron chi connectivity index (χ0n) is 20.8. The van der Waals surface area contributed by atoms with Crippen LogP contribution in [-0.4, -0.2) is 30.5 Å². The Morgan fingerprint density at radius 3 is 2.29 bits per heavy atom. The summed E-state index contributed by atoms with van der Waals surface area (Å²) in [6, 6.07) is 17.8. The smallest absolute Gasteiger partial charge is 1.00 e. The summed E-state index contributed by atoms with van der Waals surface area (Å²) in [5, 5.41) is 2.60. The van der Waals surface area contributed by atoms with E-state index in [-0.39, 0.29) is 35.9 Å². The number of benzene rings is 3. The van der Waals surface area contributed by atoms with Crippen LogP contribution in [0.1, 0.15) is 23.7 Å². The van der Waals surface area contributed by atoms with Gasteiger partial charge in [-0.1, -0.05) is 29.8 Å². The summed E-state index contributed by atoms with van der Waals surface area (Å²) in [4.78, 5) is 16.6. The molecule has 172 valence electrons. The largest absolute Gasteiger partial charge is 1.00 e. The Balaban J connectivity index is 0.00000216. The summed E-state index contributed by atoms with van der Waals surface area (Å²) in [6.45, 7) is 6.34. The standard InChI is InChI=1S/C25H26N4O3S.Na.H/c1-17-4-10-22(11-5-17)33(31,32)28-25(30)26-13-12-20-6-8-21(9-7-20)29-16-27-23-14-18(2)19(3)15-24(23)29;;/h4-11,14-16H,12-13H2,1-3H3,(H2,26,28,30);;/q;+1;-1. The summed E-state index contributed by atoms with van der Waals surface area (Å²) in [6.07, 6.45) is 2.39. The number of fused-ring (bicyclic) bond motifs is 1. The second-order valence-corrected chi connectivity index (χ2v) is 9.81. The minimum Gasteiger partial charge on any atom is -1.00 e. The van der Waals surface area contributed by atoms with E-state index < -0.39 is 16.1 Å². The van der Waals surface area contributed by atoms with Gasteiger partial charge in [0.1, 0.15) is 6.33 Å². The van der Waals surface area contributed by atoms with Crippen molar-refractivity contribution in [1.82, 2.24) is 19.6 Å². The van der Waals surface area contributed by atoms with E-state index in [0.29, 0.717) is 13.0 Å². The van der Waals surface area contributed by atoms with Crippen molar-refractivity contribution in [3.05, 3.63) is 89.2 Å². The molecule has 0 unspecified atom stereocenters. The molecule has 0 bridgehead atoms. The number of aryl methyl sites for hydroxylation is 3. The quantitative estimate of drug-likeness (QED) is 0.402. The second-order valence-electron chi connectivity index (χ2n) is 8.13. The molecule has 1 aromatic heterocycles. The van der Waals surface area contributed by atoms with E-state index in [9.17, 15) is 13.2 Å². The first-order valence-electron chi connectivity index (χ1n) is 10.6. The average molecular weight is 487 g/mol. The molecule has 0 aliphatic heterocycles. The summed E-state index contributed by atoms with van der Waals surface area (Å²) in [7, 11) is -3.90. The third kappa shape index (κ3) is 5.88. The average Bonchev–Trinajstić information content (AvgIpc) is 3.17. The van der Waals surface area contributed by atoms with Gasteiger partial charge in [0, 0.05) is 12.2 Å². The van der Waals surface area contributed by atoms with Crippen molar-refractivity contribution in [2.75, 3.05) is 6.54 Å². The number of amides is 2. The van der Waals surface area contributed by atoms with Crippen molar-refractivity contribution in [3.63, 3.8) is 0 Å². The van der Waals surface area contributed by atoms with E-state index in [1.807, 2.05) is 46.8 Å². The van der Waals surface area contributed by atoms with Gasteiger partial charge in [0.2, 0.25) is 0 Å². The normalized spacial score (nSPS) is 11.1. The molecule has 0 fully saturated rings. The summed E-state index contributed by atoms with van der Waals surface area (Å²) in [5.74, 6) is 0. The molecule has 0 atom stereocenters. The van der Waals surface area contributed by atoms with Crippen LogP contribution in [0.5, 0.6) is 0 Å². The zero-order valence-corrected chi connectivity index (χ0v) is 22.6. The van der Waals surface area contributed by atoms with Crippen molar-refractivity contribution in [3.8, 4) is 5.69 Å². The van der Waals surface area contributed by atoms with E-state index in [1.54, 1.807) is 12.1 Å². The monoisotopic (exact) mass is 486 g/mol. The third-order valence-electron chi connectivity index (χ3n) is 5.63. The molecule has 2 amide bonds. The van der Waals surface area contributed by atoms with Gasteiger partial charge in [-0.15, -0.1) is 0 Å². The van der Waals surface area contributed by atoms with E-state index in [0.717, 1.165) is 27.8 Å². The van der Waals surface area contributed by atoms with E-state index in [4.69, 9.17) is 0 Å². The first-order valence-corrected chi connectivity index (χ1v) is 12.1. The van der Waals surface area contributed by atoms with E-state index >= 15 is 0 Å². The van der Waals surface area contributed by atoms with E-state index in [2.05, 4.69) is 36.3 Å². The van der Waals surface area contributed by atoms with Gasteiger partial charge in [0.05, 0.1) is 15.9 Å². The number of hydrogen-bond acceptors (Lipinski definition) is 4. The number of aromatic nitrogens is 2. The molecule has 0 saturated heterocycles. The van der Waals surface area contributed by atoms with Crippen LogP contribution in [-0.2, 0) is 16.4 Å². The minimum absolute atomic E-state index is 0. The fourth-order valence-electron chi connectivity index (χ4n) is 3.55. The molecular formula is C25H27N4NaO3S. The Labute approximate surface area is 223 Å². The van der Waals surface area contributed by atoms with E-state index in [1.165, 1.54) is 23.3 Å². The maximum Gasteiger partial charge on any atom is 1.00 e. The Morgan fingerprint density at radius 2 is 1.62 bits per heavy atom. The first kappa shape index (κ1) is 26.0. The molecule has 0 aliphatic rings. The summed E-state index contributed by atoms with van der Waals surface area (Å²) in [5.41, 5.74) is 7.41. The molecule has 0 aliphatic carbocycles. The zero-order chi connectivity index (χ0) is 23.6. The fraction of sp³-hybridized carbons (Fsp3) is 0.200. The molecule has 0 saturated carbocycles. The molecule has 0 spiro atoms. The van der Waals surface area contributed by atoms with Crippen molar-refractivity contribution in [1.29, 1.82) is 0 Å². The minimum atomic E-state index is -3.90. The van der Waals surface area contributed by atoms with Crippen molar-refractivity contribution < 1.29 is 44.2 Å². The van der Waals surface area contributed by atoms with Crippen LogP contribution in [0.15, 0.2) is 71.9 Å². The summed E-state index contributed by atoms with van der Waals surface area (Å²) >= 11 is 0. The Hall–Kier alpha value is -2.65. The third-order valence-corrected chi connectivity index (χ3v) is 6.98. The second kappa shape index (κ2) is 10.7. The Bertz CT molecular complexity index is 1420. The molecule has 1 heterocycles. The van der Waals surface area contributed by atoms with Gasteiger partial charge in [-0.2, -0.15) is 0 Å². The molecule has 3 aromatic carbocycles. The predicted octanol–water partition coefficient (Wildman–Crippen LogP) is 1.30. The fourth-order valence-corrected chi connectivity index (χ4v) is 4.48. The number of hydrogen-bond donors (Lipinski definition) is 2. The van der Waals surface area contributed by atoms with Crippen LogP contribution in [0.2, 0.25) is 0 Å². The Morgan fingerprint density at radius 1 is 0.971 bits per heavy atom. The van der Waals surface area contributed by atoms with Crippen LogP contribution in [0, 0.1) is 20.8 Å². The molecule has 34 heavy (non-hydrogen) atoms. The molecule has 4 aromatic rings. The van der Waals surface area contributed by atoms with Gasteiger partial charge >= 0.3 is 35.6 Å². The number of rotatable bonds is 6. The number of carbonyl (C=O) groups is 1. The van der Waals surface area contributed by atoms with Gasteiger partial charge in [-0.25, -0.2) is 22.9 Å². The SMILES string of the molecule is Cc1ccc(S(=O)(=O)NC(=O)NCCc2ccc(-n3cnc4cc(C)c(C)cc43)cc2)cc1.[H-].[Na+]. The van der Waals surface area contributed by atoms with Crippen molar-refractivity contribution in [2.45, 2.75) is 32.1 Å². The molecule has 0 radical (unpaired) electrons. The van der Waals surface area contributed by atoms with Gasteiger partial charge in [0.25, 0.3) is 10.0 Å². The molecule has 2 N–H and O–H groups in total. The van der Waals surface area contributed by atoms with Crippen LogP contribution in [0.4, 0.5) is 4.79 Å². The van der Waals surface area contributed by atoms with Gasteiger partial charge < -0.3 is 6.74 Å². The molecule has 9 heteroatoms. The van der Waals surface area contributed by atoms with Crippen LogP contribution in [0.3, 0.4) is 0 Å². The van der Waals surface area contributed by atoms with Gasteiger partial charge in [0.15, 0.2) is 0 Å². The molecule has 4 rings (SSSR count). The number of carbonyl (C=O) groups excluding carboxylic acids is 1. The first-order chi connectivity index (χ1) is 15.7. The number of imidazole rings is 1. The molecule has 7 nitrogen and oxygen atoms in total.